The molecule has 1 aromatic rings. The minimum absolute atomic E-state index is 0.187. The largest absolute Gasteiger partial charge is 0.487 e. The maximum atomic E-state index is 11.2. The number of carboxylic acid groups (broad SMARTS) is 1. The lowest BCUT2D eigenvalue weighted by molar-refractivity contribution is -0.0686. The molecular formula is C15H22O11. The predicted octanol–water partition coefficient (Wildman–Crippen LogP) is -2.46. The lowest BCUT2D eigenvalue weighted by Crippen LogP contribution is -2.24. The minimum atomic E-state index is -1.85. The summed E-state index contributed by atoms with van der Waals surface area (Å²) in [5, 5.41) is 63.5. The van der Waals surface area contributed by atoms with Crippen molar-refractivity contribution < 1.29 is 54.8 Å². The van der Waals surface area contributed by atoms with Gasteiger partial charge in [0, 0.05) is 0 Å². The Labute approximate surface area is 148 Å². The molecule has 0 saturated heterocycles. The van der Waals surface area contributed by atoms with Crippen LogP contribution in [-0.4, -0.2) is 93.2 Å². The second-order valence-electron chi connectivity index (χ2n) is 5.19. The first-order valence-corrected chi connectivity index (χ1v) is 7.52. The van der Waals surface area contributed by atoms with Crippen molar-refractivity contribution in [3.63, 3.8) is 0 Å². The lowest BCUT2D eigenvalue weighted by atomic mass is 10.2. The predicted molar refractivity (Wildman–Crippen MR) is 84.3 cm³/mol. The van der Waals surface area contributed by atoms with Crippen molar-refractivity contribution >= 4 is 5.97 Å². The van der Waals surface area contributed by atoms with Gasteiger partial charge in [-0.1, -0.05) is 0 Å². The van der Waals surface area contributed by atoms with E-state index < -0.39 is 57.5 Å². The van der Waals surface area contributed by atoms with Gasteiger partial charge in [0.25, 0.3) is 0 Å². The average molecular weight is 378 g/mol. The molecule has 1 rings (SSSR count). The van der Waals surface area contributed by atoms with Crippen molar-refractivity contribution in [1.29, 1.82) is 0 Å². The fourth-order valence-corrected chi connectivity index (χ4v) is 1.69. The van der Waals surface area contributed by atoms with Gasteiger partial charge in [-0.3, -0.25) is 0 Å². The standard InChI is InChI=1S/C15H22O11/c16-3-9(18)5-24-11-1-8(15(22)23)2-12(25-7-13(20)21)14(11)26-6-10(19)4-17/h1-2,9-10,13,16-21H,3-7H2,(H,22,23). The van der Waals surface area contributed by atoms with Crippen LogP contribution in [0.2, 0.25) is 0 Å². The number of carboxylic acids is 1. The fourth-order valence-electron chi connectivity index (χ4n) is 1.69. The summed E-state index contributed by atoms with van der Waals surface area (Å²) in [7, 11) is 0. The molecule has 0 bridgehead atoms. The molecule has 7 N–H and O–H groups in total. The topological polar surface area (TPSA) is 186 Å². The van der Waals surface area contributed by atoms with Gasteiger partial charge >= 0.3 is 5.97 Å². The Morgan fingerprint density at radius 1 is 0.846 bits per heavy atom. The van der Waals surface area contributed by atoms with E-state index in [4.69, 9.17) is 39.7 Å². The summed E-state index contributed by atoms with van der Waals surface area (Å²) < 4.78 is 15.6. The molecule has 0 saturated carbocycles. The molecule has 0 aliphatic heterocycles. The molecule has 2 unspecified atom stereocenters. The third-order valence-electron chi connectivity index (χ3n) is 2.93. The quantitative estimate of drug-likeness (QED) is 0.191. The van der Waals surface area contributed by atoms with Gasteiger partial charge in [-0.25, -0.2) is 4.79 Å². The van der Waals surface area contributed by atoms with Gasteiger partial charge in [0.2, 0.25) is 5.75 Å². The normalized spacial score (nSPS) is 13.3. The van der Waals surface area contributed by atoms with Gasteiger partial charge in [-0.2, -0.15) is 0 Å². The summed E-state index contributed by atoms with van der Waals surface area (Å²) >= 11 is 0. The number of ether oxygens (including phenoxy) is 3. The second kappa shape index (κ2) is 10.8. The van der Waals surface area contributed by atoms with Crippen LogP contribution >= 0.6 is 0 Å². The molecule has 11 nitrogen and oxygen atoms in total. The SMILES string of the molecule is O=C(O)c1cc(OCC(O)O)c(OCC(O)CO)c(OCC(O)CO)c1. The van der Waals surface area contributed by atoms with E-state index in [1.54, 1.807) is 0 Å². The van der Waals surface area contributed by atoms with Crippen LogP contribution in [0.1, 0.15) is 10.4 Å². The maximum absolute atomic E-state index is 11.2. The first-order valence-electron chi connectivity index (χ1n) is 7.52. The van der Waals surface area contributed by atoms with E-state index >= 15 is 0 Å². The minimum Gasteiger partial charge on any atom is -0.487 e. The zero-order chi connectivity index (χ0) is 19.7. The Kier molecular flexibility index (Phi) is 9.05. The van der Waals surface area contributed by atoms with Gasteiger partial charge in [-0.15, -0.1) is 0 Å². The van der Waals surface area contributed by atoms with Crippen molar-refractivity contribution in [3.8, 4) is 17.2 Å². The van der Waals surface area contributed by atoms with Gasteiger partial charge in [0.15, 0.2) is 17.8 Å². The fraction of sp³-hybridized carbons (Fsp3) is 0.533. The molecule has 148 valence electrons. The Morgan fingerprint density at radius 2 is 1.31 bits per heavy atom. The number of benzene rings is 1. The van der Waals surface area contributed by atoms with Crippen molar-refractivity contribution in [2.45, 2.75) is 18.5 Å². The van der Waals surface area contributed by atoms with E-state index in [-0.39, 0.29) is 22.8 Å². The zero-order valence-corrected chi connectivity index (χ0v) is 13.7. The smallest absolute Gasteiger partial charge is 0.335 e. The van der Waals surface area contributed by atoms with Crippen molar-refractivity contribution in [1.82, 2.24) is 0 Å². The van der Waals surface area contributed by atoms with Gasteiger partial charge in [-0.05, 0) is 12.1 Å². The van der Waals surface area contributed by atoms with E-state index in [0.29, 0.717) is 0 Å². The number of hydrogen-bond acceptors (Lipinski definition) is 10. The molecule has 0 heterocycles. The number of carbonyl (C=O) groups is 1. The molecule has 0 radical (unpaired) electrons. The number of aliphatic hydroxyl groups is 6. The molecule has 0 aromatic heterocycles. The third kappa shape index (κ3) is 7.00. The first kappa shape index (κ1) is 21.9. The molecular weight excluding hydrogens is 356 g/mol. The highest BCUT2D eigenvalue weighted by molar-refractivity contribution is 5.89. The van der Waals surface area contributed by atoms with E-state index in [1.165, 1.54) is 0 Å². The second-order valence-corrected chi connectivity index (χ2v) is 5.19. The highest BCUT2D eigenvalue weighted by Gasteiger charge is 2.21. The molecule has 26 heavy (non-hydrogen) atoms. The van der Waals surface area contributed by atoms with Gasteiger partial charge in [0.1, 0.15) is 32.0 Å². The molecule has 0 amide bonds. The molecule has 0 spiro atoms. The van der Waals surface area contributed by atoms with Crippen molar-refractivity contribution in [2.24, 2.45) is 0 Å². The van der Waals surface area contributed by atoms with E-state index in [0.717, 1.165) is 12.1 Å². The van der Waals surface area contributed by atoms with Gasteiger partial charge < -0.3 is 50.0 Å². The summed E-state index contributed by atoms with van der Waals surface area (Å²) in [6.07, 6.45) is -4.34. The lowest BCUT2D eigenvalue weighted by Gasteiger charge is -2.20. The summed E-state index contributed by atoms with van der Waals surface area (Å²) in [6.45, 7) is -2.61. The van der Waals surface area contributed by atoms with Crippen LogP contribution < -0.4 is 14.2 Å². The van der Waals surface area contributed by atoms with Crippen molar-refractivity contribution in [3.05, 3.63) is 17.7 Å². The van der Waals surface area contributed by atoms with Crippen LogP contribution in [0.25, 0.3) is 0 Å². The van der Waals surface area contributed by atoms with Crippen LogP contribution in [0.4, 0.5) is 0 Å². The molecule has 2 atom stereocenters. The highest BCUT2D eigenvalue weighted by Crippen LogP contribution is 2.39. The van der Waals surface area contributed by atoms with Crippen LogP contribution in [0.3, 0.4) is 0 Å². The van der Waals surface area contributed by atoms with Crippen molar-refractivity contribution in [2.75, 3.05) is 33.0 Å². The first-order chi connectivity index (χ1) is 12.3. The molecule has 0 fully saturated rings. The summed E-state index contributed by atoms with van der Waals surface area (Å²) in [5.74, 6) is -1.94. The maximum Gasteiger partial charge on any atom is 0.335 e. The van der Waals surface area contributed by atoms with E-state index in [9.17, 15) is 15.0 Å². The monoisotopic (exact) mass is 378 g/mol. The Bertz CT molecular complexity index is 575. The molecule has 1 aromatic carbocycles. The number of aromatic carboxylic acids is 1. The molecule has 0 aliphatic rings. The summed E-state index contributed by atoms with van der Waals surface area (Å²) in [4.78, 5) is 11.2. The van der Waals surface area contributed by atoms with Crippen LogP contribution in [0.15, 0.2) is 12.1 Å². The van der Waals surface area contributed by atoms with Crippen LogP contribution in [-0.2, 0) is 0 Å². The van der Waals surface area contributed by atoms with E-state index in [1.807, 2.05) is 0 Å². The highest BCUT2D eigenvalue weighted by atomic mass is 16.6. The van der Waals surface area contributed by atoms with Crippen LogP contribution in [0, 0.1) is 0 Å². The molecule has 0 aliphatic carbocycles. The molecule has 11 heteroatoms. The Balaban J connectivity index is 3.22. The third-order valence-corrected chi connectivity index (χ3v) is 2.93. The Hall–Kier alpha value is -2.15. The van der Waals surface area contributed by atoms with Crippen LogP contribution in [0.5, 0.6) is 17.2 Å². The summed E-state index contributed by atoms with van der Waals surface area (Å²) in [6, 6.07) is 2.11. The average Bonchev–Trinajstić information content (AvgIpc) is 2.61. The zero-order valence-electron chi connectivity index (χ0n) is 13.7. The Morgan fingerprint density at radius 3 is 1.73 bits per heavy atom. The number of rotatable bonds is 12. The number of aliphatic hydroxyl groups excluding tert-OH is 5. The summed E-state index contributed by atoms with van der Waals surface area (Å²) in [5.41, 5.74) is -0.282. The number of hydrogen-bond donors (Lipinski definition) is 7. The van der Waals surface area contributed by atoms with E-state index in [2.05, 4.69) is 0 Å². The van der Waals surface area contributed by atoms with Gasteiger partial charge in [0.05, 0.1) is 18.8 Å².